The van der Waals surface area contributed by atoms with Crippen LogP contribution in [-0.4, -0.2) is 52.7 Å². The van der Waals surface area contributed by atoms with Gasteiger partial charge in [0.1, 0.15) is 24.2 Å². The van der Waals surface area contributed by atoms with Crippen molar-refractivity contribution in [2.24, 2.45) is 5.16 Å². The lowest BCUT2D eigenvalue weighted by Gasteiger charge is -2.49. The fraction of sp³-hybridized carbons (Fsp3) is 0.188. The number of hydrogen-bond donors (Lipinski definition) is 1. The molecule has 2 aliphatic heterocycles. The number of thioether (sulfide) groups is 1. The van der Waals surface area contributed by atoms with Crippen molar-refractivity contribution < 1.29 is 28.4 Å². The number of carbonyl (C=O) groups is 3. The molecule has 1 aromatic heterocycles. The van der Waals surface area contributed by atoms with Gasteiger partial charge in [-0.1, -0.05) is 71.7 Å². The maximum absolute atomic E-state index is 13.9. The number of oxime groups is 1. The molecule has 0 radical (unpaired) electrons. The summed E-state index contributed by atoms with van der Waals surface area (Å²) in [5, 5.41) is 5.95. The first-order chi connectivity index (χ1) is 20.5. The maximum Gasteiger partial charge on any atom is 0.356 e. The van der Waals surface area contributed by atoms with Crippen LogP contribution < -0.4 is 5.32 Å². The van der Waals surface area contributed by atoms with E-state index in [0.717, 1.165) is 11.1 Å². The number of rotatable bonds is 9. The third-order valence-electron chi connectivity index (χ3n) is 6.57. The van der Waals surface area contributed by atoms with Crippen molar-refractivity contribution in [2.45, 2.75) is 24.4 Å². The van der Waals surface area contributed by atoms with Gasteiger partial charge in [-0.3, -0.25) is 14.5 Å². The summed E-state index contributed by atoms with van der Waals surface area (Å²) in [5.74, 6) is 4.48. The second-order valence-electron chi connectivity index (χ2n) is 9.17. The van der Waals surface area contributed by atoms with Gasteiger partial charge < -0.3 is 19.3 Å². The fourth-order valence-corrected chi connectivity index (χ4v) is 5.96. The van der Waals surface area contributed by atoms with Crippen molar-refractivity contribution >= 4 is 35.3 Å². The summed E-state index contributed by atoms with van der Waals surface area (Å²) in [6, 6.07) is 21.1. The predicted octanol–water partition coefficient (Wildman–Crippen LogP) is 4.20. The van der Waals surface area contributed by atoms with Gasteiger partial charge in [-0.25, -0.2) is 4.79 Å². The summed E-state index contributed by atoms with van der Waals surface area (Å²) in [6.45, 7) is 1.71. The number of β-lactam (4-membered cyclic amide) rings is 1. The van der Waals surface area contributed by atoms with Crippen molar-refractivity contribution in [1.82, 2.24) is 10.2 Å². The average molecular weight is 582 g/mol. The van der Waals surface area contributed by atoms with Gasteiger partial charge in [0, 0.05) is 5.75 Å². The molecule has 2 aliphatic rings. The van der Waals surface area contributed by atoms with Crippen molar-refractivity contribution in [2.75, 3.05) is 12.9 Å². The van der Waals surface area contributed by atoms with Gasteiger partial charge in [-0.05, 0) is 47.9 Å². The summed E-state index contributed by atoms with van der Waals surface area (Å²) in [5.41, 5.74) is 2.18. The SMILES string of the molecule is CC#CC=CC1=C(C(=O)OC(c2ccccc2)c2ccccc2)N2C(=O)[C@@H](NC(=O)C(=NOC)c3ccco3)[C@H]2SC1. The van der Waals surface area contributed by atoms with E-state index in [1.54, 1.807) is 31.2 Å². The van der Waals surface area contributed by atoms with Crippen LogP contribution in [0.2, 0.25) is 0 Å². The van der Waals surface area contributed by atoms with Crippen LogP contribution in [0.4, 0.5) is 0 Å². The first kappa shape index (κ1) is 28.5. The largest absolute Gasteiger partial charge is 0.462 e. The first-order valence-electron chi connectivity index (χ1n) is 13.1. The molecule has 2 atom stereocenters. The molecule has 9 nitrogen and oxygen atoms in total. The Morgan fingerprint density at radius 2 is 1.79 bits per heavy atom. The topological polar surface area (TPSA) is 110 Å². The number of amides is 2. The van der Waals surface area contributed by atoms with E-state index in [1.807, 2.05) is 60.7 Å². The van der Waals surface area contributed by atoms with E-state index in [0.29, 0.717) is 11.3 Å². The van der Waals surface area contributed by atoms with E-state index in [1.165, 1.54) is 30.0 Å². The molecule has 0 bridgehead atoms. The number of hydrogen-bond acceptors (Lipinski definition) is 8. The molecule has 1 saturated heterocycles. The molecule has 2 amide bonds. The number of allylic oxidation sites excluding steroid dienone is 2. The molecule has 3 aromatic rings. The third-order valence-corrected chi connectivity index (χ3v) is 7.87. The van der Waals surface area contributed by atoms with E-state index < -0.39 is 35.3 Å². The predicted molar refractivity (Wildman–Crippen MR) is 158 cm³/mol. The highest BCUT2D eigenvalue weighted by Gasteiger charge is 2.54. The molecular formula is C32H27N3O6S. The minimum Gasteiger partial charge on any atom is -0.462 e. The second-order valence-corrected chi connectivity index (χ2v) is 10.3. The van der Waals surface area contributed by atoms with Gasteiger partial charge >= 0.3 is 5.97 Å². The van der Waals surface area contributed by atoms with Crippen LogP contribution in [-0.2, 0) is 24.0 Å². The number of fused-ring (bicyclic) bond motifs is 1. The van der Waals surface area contributed by atoms with E-state index in [-0.39, 0.29) is 17.2 Å². The lowest BCUT2D eigenvalue weighted by atomic mass is 10.0. The average Bonchev–Trinajstić information content (AvgIpc) is 3.56. The highest BCUT2D eigenvalue weighted by Crippen LogP contribution is 2.42. The summed E-state index contributed by atoms with van der Waals surface area (Å²) < 4.78 is 11.4. The molecule has 1 fully saturated rings. The lowest BCUT2D eigenvalue weighted by molar-refractivity contribution is -0.154. The number of carbonyl (C=O) groups excluding carboxylic acids is 3. The summed E-state index contributed by atoms with van der Waals surface area (Å²) in [4.78, 5) is 46.7. The Morgan fingerprint density at radius 3 is 2.38 bits per heavy atom. The zero-order valence-electron chi connectivity index (χ0n) is 22.9. The summed E-state index contributed by atoms with van der Waals surface area (Å²) >= 11 is 1.42. The van der Waals surface area contributed by atoms with Gasteiger partial charge in [0.2, 0.25) is 5.71 Å². The van der Waals surface area contributed by atoms with Crippen LogP contribution in [0, 0.1) is 11.8 Å². The van der Waals surface area contributed by atoms with Crippen LogP contribution in [0.3, 0.4) is 0 Å². The van der Waals surface area contributed by atoms with Crippen molar-refractivity contribution in [3.05, 3.63) is 119 Å². The third kappa shape index (κ3) is 5.87. The monoisotopic (exact) mass is 581 g/mol. The molecule has 0 unspecified atom stereocenters. The molecule has 10 heteroatoms. The summed E-state index contributed by atoms with van der Waals surface area (Å²) in [7, 11) is 1.31. The van der Waals surface area contributed by atoms with Gasteiger partial charge in [0.05, 0.1) is 6.26 Å². The van der Waals surface area contributed by atoms with Crippen LogP contribution in [0.25, 0.3) is 0 Å². The Labute approximate surface area is 247 Å². The Bertz CT molecular complexity index is 1560. The van der Waals surface area contributed by atoms with Gasteiger partial charge in [-0.15, -0.1) is 17.7 Å². The molecule has 0 saturated carbocycles. The minimum atomic E-state index is -0.901. The maximum atomic E-state index is 13.9. The molecule has 212 valence electrons. The number of esters is 1. The van der Waals surface area contributed by atoms with E-state index >= 15 is 0 Å². The highest BCUT2D eigenvalue weighted by atomic mass is 32.2. The number of nitrogens with one attached hydrogen (secondary N) is 1. The second kappa shape index (κ2) is 13.1. The van der Waals surface area contributed by atoms with E-state index in [4.69, 9.17) is 14.0 Å². The zero-order chi connectivity index (χ0) is 29.5. The summed E-state index contributed by atoms with van der Waals surface area (Å²) in [6.07, 6.45) is 4.06. The number of benzene rings is 2. The molecule has 0 aliphatic carbocycles. The number of furan rings is 1. The molecule has 1 N–H and O–H groups in total. The van der Waals surface area contributed by atoms with Crippen LogP contribution in [0.5, 0.6) is 0 Å². The standard InChI is InChI=1S/C32H27N3O6S/c1-3-4-7-17-23-20-42-31-26(33-29(36)25(34-39-2)24-18-12-19-40-24)30(37)35(31)27(23)32(38)41-28(21-13-8-5-9-14-21)22-15-10-6-11-16-22/h5-19,26,28,31H,20H2,1-2H3,(H,33,36)/t26-,31-/m1/s1. The van der Waals surface area contributed by atoms with Crippen molar-refractivity contribution in [1.29, 1.82) is 0 Å². The van der Waals surface area contributed by atoms with Gasteiger partial charge in [-0.2, -0.15) is 0 Å². The highest BCUT2D eigenvalue weighted by molar-refractivity contribution is 8.00. The lowest BCUT2D eigenvalue weighted by Crippen LogP contribution is -2.71. The van der Waals surface area contributed by atoms with Crippen molar-refractivity contribution in [3.63, 3.8) is 0 Å². The molecule has 5 rings (SSSR count). The van der Waals surface area contributed by atoms with Gasteiger partial charge in [0.25, 0.3) is 11.8 Å². The van der Waals surface area contributed by atoms with Crippen molar-refractivity contribution in [3.8, 4) is 11.8 Å². The zero-order valence-corrected chi connectivity index (χ0v) is 23.7. The fourth-order valence-electron chi connectivity index (χ4n) is 4.65. The Morgan fingerprint density at radius 1 is 1.10 bits per heavy atom. The van der Waals surface area contributed by atoms with E-state index in [2.05, 4.69) is 22.3 Å². The number of ether oxygens (including phenoxy) is 1. The van der Waals surface area contributed by atoms with Gasteiger partial charge in [0.15, 0.2) is 11.9 Å². The Balaban J connectivity index is 1.43. The molecule has 3 heterocycles. The van der Waals surface area contributed by atoms with Crippen LogP contribution in [0.15, 0.2) is 112 Å². The normalized spacial score (nSPS) is 18.2. The molecule has 42 heavy (non-hydrogen) atoms. The van der Waals surface area contributed by atoms with E-state index in [9.17, 15) is 14.4 Å². The molecular weight excluding hydrogens is 554 g/mol. The first-order valence-corrected chi connectivity index (χ1v) is 14.1. The molecule has 0 spiro atoms. The Hall–Kier alpha value is -5.01. The van der Waals surface area contributed by atoms with Crippen LogP contribution >= 0.6 is 11.8 Å². The minimum absolute atomic E-state index is 0.111. The Kier molecular flexibility index (Phi) is 8.90. The smallest absolute Gasteiger partial charge is 0.356 e. The molecule has 2 aromatic carbocycles. The number of nitrogens with zero attached hydrogens (tertiary/aromatic N) is 2. The van der Waals surface area contributed by atoms with Crippen LogP contribution in [0.1, 0.15) is 29.9 Å². The quantitative estimate of drug-likeness (QED) is 0.133.